The lowest BCUT2D eigenvalue weighted by molar-refractivity contribution is -0.121. The van der Waals surface area contributed by atoms with E-state index in [9.17, 15) is 4.79 Å². The van der Waals surface area contributed by atoms with Crippen LogP contribution in [0.5, 0.6) is 5.75 Å². The molecule has 0 saturated carbocycles. The molecular weight excluding hydrogens is 252 g/mol. The molecule has 3 nitrogen and oxygen atoms in total. The number of ketones is 1. The summed E-state index contributed by atoms with van der Waals surface area (Å²) in [4.78, 5) is 11.7. The molecule has 0 aliphatic heterocycles. The zero-order valence-corrected chi connectivity index (χ0v) is 11.8. The van der Waals surface area contributed by atoms with Crippen LogP contribution in [0.15, 0.2) is 18.2 Å². The first-order chi connectivity index (χ1) is 8.54. The van der Waals surface area contributed by atoms with Crippen molar-refractivity contribution in [2.75, 3.05) is 20.3 Å². The van der Waals surface area contributed by atoms with Crippen LogP contribution in [0.1, 0.15) is 19.4 Å². The smallest absolute Gasteiger partial charge is 0.139 e. The van der Waals surface area contributed by atoms with Gasteiger partial charge in [0.25, 0.3) is 0 Å². The van der Waals surface area contributed by atoms with E-state index in [1.54, 1.807) is 13.2 Å². The highest BCUT2D eigenvalue weighted by Crippen LogP contribution is 2.26. The van der Waals surface area contributed by atoms with Gasteiger partial charge in [0.15, 0.2) is 0 Å². The molecule has 1 aromatic rings. The summed E-state index contributed by atoms with van der Waals surface area (Å²) < 4.78 is 10.4. The maximum absolute atomic E-state index is 11.7. The molecule has 4 heteroatoms. The minimum atomic E-state index is 0.0403. The van der Waals surface area contributed by atoms with E-state index in [0.717, 1.165) is 5.56 Å². The number of benzene rings is 1. The SMILES string of the molecule is COCCOc1cc(CC(=O)C(C)C)ccc1Cl. The molecule has 1 aromatic carbocycles. The van der Waals surface area contributed by atoms with Gasteiger partial charge in [-0.05, 0) is 17.7 Å². The normalized spacial score (nSPS) is 10.7. The van der Waals surface area contributed by atoms with Gasteiger partial charge in [-0.3, -0.25) is 4.79 Å². The van der Waals surface area contributed by atoms with Gasteiger partial charge < -0.3 is 9.47 Å². The summed E-state index contributed by atoms with van der Waals surface area (Å²) in [7, 11) is 1.61. The molecule has 0 aliphatic rings. The lowest BCUT2D eigenvalue weighted by atomic mass is 10.0. The van der Waals surface area contributed by atoms with E-state index in [4.69, 9.17) is 21.1 Å². The minimum Gasteiger partial charge on any atom is -0.490 e. The van der Waals surface area contributed by atoms with Gasteiger partial charge in [0.1, 0.15) is 18.1 Å². The van der Waals surface area contributed by atoms with Gasteiger partial charge >= 0.3 is 0 Å². The van der Waals surface area contributed by atoms with Crippen molar-refractivity contribution in [3.05, 3.63) is 28.8 Å². The number of carbonyl (C=O) groups is 1. The standard InChI is InChI=1S/C14H19ClO3/c1-10(2)13(16)8-11-4-5-12(15)14(9-11)18-7-6-17-3/h4-5,9-10H,6-8H2,1-3H3. The average molecular weight is 271 g/mol. The Kier molecular flexibility index (Phi) is 6.16. The van der Waals surface area contributed by atoms with E-state index in [1.807, 2.05) is 26.0 Å². The number of carbonyl (C=O) groups excluding carboxylic acids is 1. The van der Waals surface area contributed by atoms with Crippen LogP contribution in [0.25, 0.3) is 0 Å². The minimum absolute atomic E-state index is 0.0403. The molecular formula is C14H19ClO3. The van der Waals surface area contributed by atoms with E-state index in [0.29, 0.717) is 30.4 Å². The Balaban J connectivity index is 2.71. The molecule has 0 saturated heterocycles. The predicted molar refractivity (Wildman–Crippen MR) is 72.4 cm³/mol. The van der Waals surface area contributed by atoms with Gasteiger partial charge in [0.05, 0.1) is 11.6 Å². The number of rotatable bonds is 7. The van der Waals surface area contributed by atoms with Crippen LogP contribution in [0.3, 0.4) is 0 Å². The third-order valence-electron chi connectivity index (χ3n) is 2.56. The Morgan fingerprint density at radius 3 is 2.67 bits per heavy atom. The highest BCUT2D eigenvalue weighted by atomic mass is 35.5. The topological polar surface area (TPSA) is 35.5 Å². The summed E-state index contributed by atoms with van der Waals surface area (Å²) in [5.74, 6) is 0.849. The lowest BCUT2D eigenvalue weighted by Crippen LogP contribution is -2.10. The van der Waals surface area contributed by atoms with Crippen molar-refractivity contribution in [1.29, 1.82) is 0 Å². The van der Waals surface area contributed by atoms with Crippen LogP contribution >= 0.6 is 11.6 Å². The Morgan fingerprint density at radius 2 is 2.06 bits per heavy atom. The molecule has 1 rings (SSSR count). The first-order valence-corrected chi connectivity index (χ1v) is 6.35. The van der Waals surface area contributed by atoms with Crippen molar-refractivity contribution in [1.82, 2.24) is 0 Å². The van der Waals surface area contributed by atoms with Crippen LogP contribution < -0.4 is 4.74 Å². The zero-order chi connectivity index (χ0) is 13.5. The second-order valence-corrected chi connectivity index (χ2v) is 4.81. The van der Waals surface area contributed by atoms with Crippen molar-refractivity contribution in [3.8, 4) is 5.75 Å². The molecule has 0 amide bonds. The molecule has 0 radical (unpaired) electrons. The number of hydrogen-bond acceptors (Lipinski definition) is 3. The molecule has 0 atom stereocenters. The van der Waals surface area contributed by atoms with Crippen molar-refractivity contribution in [2.45, 2.75) is 20.3 Å². The Labute approximate surface area is 113 Å². The largest absolute Gasteiger partial charge is 0.490 e. The van der Waals surface area contributed by atoms with E-state index in [1.165, 1.54) is 0 Å². The van der Waals surface area contributed by atoms with Gasteiger partial charge in [0, 0.05) is 19.4 Å². The van der Waals surface area contributed by atoms with Crippen LogP contribution in [-0.2, 0) is 16.0 Å². The van der Waals surface area contributed by atoms with Crippen LogP contribution in [0, 0.1) is 5.92 Å². The second kappa shape index (κ2) is 7.39. The lowest BCUT2D eigenvalue weighted by Gasteiger charge is -2.10. The Bertz CT molecular complexity index is 402. The molecule has 0 aromatic heterocycles. The molecule has 0 N–H and O–H groups in total. The van der Waals surface area contributed by atoms with Gasteiger partial charge in [-0.25, -0.2) is 0 Å². The number of hydrogen-bond donors (Lipinski definition) is 0. The molecule has 100 valence electrons. The predicted octanol–water partition coefficient (Wildman–Crippen LogP) is 3.13. The van der Waals surface area contributed by atoms with Crippen molar-refractivity contribution in [2.24, 2.45) is 5.92 Å². The van der Waals surface area contributed by atoms with Crippen molar-refractivity contribution in [3.63, 3.8) is 0 Å². The Hall–Kier alpha value is -1.06. The highest BCUT2D eigenvalue weighted by molar-refractivity contribution is 6.32. The van der Waals surface area contributed by atoms with Gasteiger partial charge in [0.2, 0.25) is 0 Å². The maximum Gasteiger partial charge on any atom is 0.139 e. The number of ether oxygens (including phenoxy) is 2. The zero-order valence-electron chi connectivity index (χ0n) is 11.0. The maximum atomic E-state index is 11.7. The molecule has 0 aliphatic carbocycles. The van der Waals surface area contributed by atoms with Crippen LogP contribution in [-0.4, -0.2) is 26.1 Å². The number of halogens is 1. The Morgan fingerprint density at radius 1 is 1.33 bits per heavy atom. The van der Waals surface area contributed by atoms with E-state index in [2.05, 4.69) is 0 Å². The van der Waals surface area contributed by atoms with Crippen LogP contribution in [0.2, 0.25) is 5.02 Å². The summed E-state index contributed by atoms with van der Waals surface area (Å²) in [5.41, 5.74) is 0.922. The van der Waals surface area contributed by atoms with E-state index >= 15 is 0 Å². The van der Waals surface area contributed by atoms with Gasteiger partial charge in [-0.2, -0.15) is 0 Å². The summed E-state index contributed by atoms with van der Waals surface area (Å²) in [6.07, 6.45) is 0.412. The molecule has 0 unspecified atom stereocenters. The summed E-state index contributed by atoms with van der Waals surface area (Å²) in [5, 5.41) is 0.548. The van der Waals surface area contributed by atoms with Crippen molar-refractivity contribution >= 4 is 17.4 Å². The fourth-order valence-electron chi connectivity index (χ4n) is 1.41. The first-order valence-electron chi connectivity index (χ1n) is 5.97. The summed E-state index contributed by atoms with van der Waals surface area (Å²) in [6, 6.07) is 5.43. The summed E-state index contributed by atoms with van der Waals surface area (Å²) in [6.45, 7) is 4.74. The van der Waals surface area contributed by atoms with E-state index in [-0.39, 0.29) is 11.7 Å². The number of Topliss-reactive ketones (excluding diaryl/α,β-unsaturated/α-hetero) is 1. The molecule has 0 fully saturated rings. The molecule has 0 heterocycles. The third-order valence-corrected chi connectivity index (χ3v) is 2.88. The van der Waals surface area contributed by atoms with Gasteiger partial charge in [-0.1, -0.05) is 31.5 Å². The fraction of sp³-hybridized carbons (Fsp3) is 0.500. The van der Waals surface area contributed by atoms with E-state index < -0.39 is 0 Å². The number of methoxy groups -OCH3 is 1. The molecule has 0 spiro atoms. The average Bonchev–Trinajstić information content (AvgIpc) is 2.33. The quantitative estimate of drug-likeness (QED) is 0.714. The second-order valence-electron chi connectivity index (χ2n) is 4.40. The first kappa shape index (κ1) is 15.0. The van der Waals surface area contributed by atoms with Gasteiger partial charge in [-0.15, -0.1) is 0 Å². The molecule has 18 heavy (non-hydrogen) atoms. The third kappa shape index (κ3) is 4.67. The van der Waals surface area contributed by atoms with Crippen molar-refractivity contribution < 1.29 is 14.3 Å². The summed E-state index contributed by atoms with van der Waals surface area (Å²) >= 11 is 6.02. The van der Waals surface area contributed by atoms with Crippen LogP contribution in [0.4, 0.5) is 0 Å². The molecule has 0 bridgehead atoms. The fourth-order valence-corrected chi connectivity index (χ4v) is 1.58. The highest BCUT2D eigenvalue weighted by Gasteiger charge is 2.10. The monoisotopic (exact) mass is 270 g/mol.